The molecular weight excluding hydrogens is 292 g/mol. The zero-order valence-electron chi connectivity index (χ0n) is 14.1. The first-order valence-electron chi connectivity index (χ1n) is 8.11. The van der Waals surface area contributed by atoms with Gasteiger partial charge in [0.25, 0.3) is 5.89 Å². The van der Waals surface area contributed by atoms with Crippen LogP contribution in [0.3, 0.4) is 0 Å². The molecule has 1 aromatic heterocycles. The lowest BCUT2D eigenvalue weighted by Gasteiger charge is -2.18. The Morgan fingerprint density at radius 2 is 1.83 bits per heavy atom. The van der Waals surface area contributed by atoms with Crippen LogP contribution in [0.15, 0.2) is 28.8 Å². The van der Waals surface area contributed by atoms with Crippen molar-refractivity contribution >= 4 is 0 Å². The average Bonchev–Trinajstić information content (AvgIpc) is 2.95. The number of aromatic nitrogens is 2. The van der Waals surface area contributed by atoms with Crippen molar-refractivity contribution in [1.82, 2.24) is 10.1 Å². The second-order valence-corrected chi connectivity index (χ2v) is 6.91. The normalized spacial score (nSPS) is 13.3. The second-order valence-electron chi connectivity index (χ2n) is 6.91. The van der Waals surface area contributed by atoms with E-state index >= 15 is 0 Å². The fourth-order valence-corrected chi connectivity index (χ4v) is 2.35. The fourth-order valence-electron chi connectivity index (χ4n) is 2.35. The van der Waals surface area contributed by atoms with Gasteiger partial charge in [0.05, 0.1) is 0 Å². The molecule has 0 bridgehead atoms. The van der Waals surface area contributed by atoms with Crippen molar-refractivity contribution in [2.45, 2.75) is 58.0 Å². The molecule has 0 aliphatic rings. The van der Waals surface area contributed by atoms with Crippen molar-refractivity contribution in [2.75, 3.05) is 6.61 Å². The van der Waals surface area contributed by atoms with Crippen LogP contribution in [0.4, 0.5) is 0 Å². The number of rotatable bonds is 7. The second kappa shape index (κ2) is 7.70. The van der Waals surface area contributed by atoms with Gasteiger partial charge in [-0.25, -0.2) is 0 Å². The molecule has 126 valence electrons. The van der Waals surface area contributed by atoms with E-state index in [1.165, 1.54) is 5.56 Å². The first kappa shape index (κ1) is 17.6. The Morgan fingerprint density at radius 3 is 2.43 bits per heavy atom. The van der Waals surface area contributed by atoms with Gasteiger partial charge in [-0.15, -0.1) is 0 Å². The van der Waals surface area contributed by atoms with Crippen LogP contribution < -0.4 is 0 Å². The summed E-state index contributed by atoms with van der Waals surface area (Å²) in [5.41, 5.74) is 2.53. The van der Waals surface area contributed by atoms with Crippen molar-refractivity contribution in [3.63, 3.8) is 0 Å². The maximum absolute atomic E-state index is 9.97. The van der Waals surface area contributed by atoms with E-state index in [9.17, 15) is 5.11 Å². The molecule has 23 heavy (non-hydrogen) atoms. The SMILES string of the molecule is CC(C)(C)c1ccc(Cc2noc(C(O)CCCCO)n2)cc1. The van der Waals surface area contributed by atoms with Crippen molar-refractivity contribution < 1.29 is 14.7 Å². The minimum absolute atomic E-state index is 0.131. The lowest BCUT2D eigenvalue weighted by Crippen LogP contribution is -2.10. The summed E-state index contributed by atoms with van der Waals surface area (Å²) < 4.78 is 5.13. The molecule has 0 saturated heterocycles. The predicted octanol–water partition coefficient (Wildman–Crippen LogP) is 3.15. The van der Waals surface area contributed by atoms with Gasteiger partial charge in [-0.3, -0.25) is 0 Å². The smallest absolute Gasteiger partial charge is 0.255 e. The highest BCUT2D eigenvalue weighted by molar-refractivity contribution is 5.28. The number of aliphatic hydroxyl groups excluding tert-OH is 2. The van der Waals surface area contributed by atoms with Gasteiger partial charge in [-0.05, 0) is 35.8 Å². The van der Waals surface area contributed by atoms with E-state index in [0.717, 1.165) is 12.0 Å². The lowest BCUT2D eigenvalue weighted by atomic mass is 9.86. The Bertz CT molecular complexity index is 599. The molecule has 0 saturated carbocycles. The van der Waals surface area contributed by atoms with E-state index in [1.54, 1.807) is 0 Å². The van der Waals surface area contributed by atoms with Crippen LogP contribution in [0.5, 0.6) is 0 Å². The molecule has 1 aromatic carbocycles. The Morgan fingerprint density at radius 1 is 1.13 bits per heavy atom. The molecule has 5 heteroatoms. The van der Waals surface area contributed by atoms with Gasteiger partial charge in [-0.2, -0.15) is 4.98 Å². The third-order valence-corrected chi connectivity index (χ3v) is 3.84. The van der Waals surface area contributed by atoms with E-state index in [1.807, 2.05) is 0 Å². The summed E-state index contributed by atoms with van der Waals surface area (Å²) in [6.45, 7) is 6.69. The Hall–Kier alpha value is -1.72. The Labute approximate surface area is 137 Å². The zero-order chi connectivity index (χ0) is 16.9. The summed E-state index contributed by atoms with van der Waals surface area (Å²) in [5.74, 6) is 0.828. The fraction of sp³-hybridized carbons (Fsp3) is 0.556. The average molecular weight is 318 g/mol. The standard InChI is InChI=1S/C18H26N2O3/c1-18(2,3)14-9-7-13(8-10-14)12-16-19-17(23-20-16)15(22)6-4-5-11-21/h7-10,15,21-22H,4-6,11-12H2,1-3H3. The topological polar surface area (TPSA) is 79.4 Å². The summed E-state index contributed by atoms with van der Waals surface area (Å²) in [7, 11) is 0. The van der Waals surface area contributed by atoms with Crippen LogP contribution in [0.25, 0.3) is 0 Å². The van der Waals surface area contributed by atoms with Gasteiger partial charge in [-0.1, -0.05) is 50.2 Å². The quantitative estimate of drug-likeness (QED) is 0.767. The van der Waals surface area contributed by atoms with Gasteiger partial charge >= 0.3 is 0 Å². The van der Waals surface area contributed by atoms with Gasteiger partial charge in [0.15, 0.2) is 5.82 Å². The third kappa shape index (κ3) is 5.15. The van der Waals surface area contributed by atoms with Gasteiger partial charge in [0.2, 0.25) is 0 Å². The minimum atomic E-state index is -0.758. The molecule has 1 unspecified atom stereocenters. The maximum Gasteiger partial charge on any atom is 0.255 e. The lowest BCUT2D eigenvalue weighted by molar-refractivity contribution is 0.119. The first-order valence-corrected chi connectivity index (χ1v) is 8.11. The predicted molar refractivity (Wildman–Crippen MR) is 88.1 cm³/mol. The van der Waals surface area contributed by atoms with Crippen LogP contribution in [-0.4, -0.2) is 27.0 Å². The summed E-state index contributed by atoms with van der Waals surface area (Å²) in [6.07, 6.45) is 1.73. The van der Waals surface area contributed by atoms with Crippen molar-refractivity contribution in [3.05, 3.63) is 47.1 Å². The van der Waals surface area contributed by atoms with E-state index in [4.69, 9.17) is 9.63 Å². The highest BCUT2D eigenvalue weighted by Crippen LogP contribution is 2.23. The molecule has 2 rings (SSSR count). The monoisotopic (exact) mass is 318 g/mol. The van der Waals surface area contributed by atoms with Crippen LogP contribution in [0, 0.1) is 0 Å². The first-order chi connectivity index (χ1) is 10.9. The summed E-state index contributed by atoms with van der Waals surface area (Å²) >= 11 is 0. The van der Waals surface area contributed by atoms with Crippen molar-refractivity contribution in [1.29, 1.82) is 0 Å². The molecule has 0 fully saturated rings. The molecule has 5 nitrogen and oxygen atoms in total. The number of hydrogen-bond acceptors (Lipinski definition) is 5. The molecule has 1 atom stereocenters. The van der Waals surface area contributed by atoms with E-state index in [0.29, 0.717) is 25.1 Å². The number of benzene rings is 1. The zero-order valence-corrected chi connectivity index (χ0v) is 14.1. The van der Waals surface area contributed by atoms with E-state index < -0.39 is 6.10 Å². The van der Waals surface area contributed by atoms with Gasteiger partial charge in [0, 0.05) is 13.0 Å². The van der Waals surface area contributed by atoms with Crippen LogP contribution in [0.2, 0.25) is 0 Å². The van der Waals surface area contributed by atoms with Crippen LogP contribution in [-0.2, 0) is 11.8 Å². The van der Waals surface area contributed by atoms with Gasteiger partial charge in [0.1, 0.15) is 6.10 Å². The minimum Gasteiger partial charge on any atom is -0.396 e. The van der Waals surface area contributed by atoms with Crippen molar-refractivity contribution in [3.8, 4) is 0 Å². The number of aliphatic hydroxyl groups is 2. The Kier molecular flexibility index (Phi) is 5.91. The van der Waals surface area contributed by atoms with E-state index in [-0.39, 0.29) is 17.9 Å². The molecular formula is C18H26N2O3. The van der Waals surface area contributed by atoms with Crippen LogP contribution >= 0.6 is 0 Å². The molecule has 0 amide bonds. The Balaban J connectivity index is 1.96. The maximum atomic E-state index is 9.97. The highest BCUT2D eigenvalue weighted by atomic mass is 16.5. The molecule has 0 spiro atoms. The van der Waals surface area contributed by atoms with Gasteiger partial charge < -0.3 is 14.7 Å². The summed E-state index contributed by atoms with van der Waals surface area (Å²) in [5, 5.41) is 22.7. The highest BCUT2D eigenvalue weighted by Gasteiger charge is 2.16. The number of nitrogens with zero attached hydrogens (tertiary/aromatic N) is 2. The third-order valence-electron chi connectivity index (χ3n) is 3.84. The molecule has 0 radical (unpaired) electrons. The number of unbranched alkanes of at least 4 members (excludes halogenated alkanes) is 1. The summed E-state index contributed by atoms with van der Waals surface area (Å²) in [6, 6.07) is 8.41. The molecule has 1 heterocycles. The molecule has 0 aliphatic heterocycles. The molecule has 0 aliphatic carbocycles. The summed E-state index contributed by atoms with van der Waals surface area (Å²) in [4.78, 5) is 4.27. The molecule has 2 N–H and O–H groups in total. The molecule has 2 aromatic rings. The van der Waals surface area contributed by atoms with E-state index in [2.05, 4.69) is 55.2 Å². The van der Waals surface area contributed by atoms with Crippen molar-refractivity contribution in [2.24, 2.45) is 0 Å². The number of hydrogen-bond donors (Lipinski definition) is 2. The largest absolute Gasteiger partial charge is 0.396 e. The van der Waals surface area contributed by atoms with Crippen LogP contribution in [0.1, 0.15) is 69.0 Å².